The van der Waals surface area contributed by atoms with E-state index in [2.05, 4.69) is 5.16 Å². The van der Waals surface area contributed by atoms with Gasteiger partial charge in [-0.25, -0.2) is 4.90 Å². The normalized spacial score (nSPS) is 19.7. The lowest BCUT2D eigenvalue weighted by molar-refractivity contribution is -0.136. The Hall–Kier alpha value is -4.07. The number of amides is 2. The van der Waals surface area contributed by atoms with Gasteiger partial charge in [0.15, 0.2) is 11.5 Å². The number of carbonyl (C=O) groups excluding carboxylic acids is 2. The zero-order chi connectivity index (χ0) is 23.2. The van der Waals surface area contributed by atoms with Crippen molar-refractivity contribution in [1.29, 1.82) is 0 Å². The van der Waals surface area contributed by atoms with Gasteiger partial charge in [-0.1, -0.05) is 35.5 Å². The minimum Gasteiger partial charge on any atom is -0.493 e. The number of oxime groups is 1. The van der Waals surface area contributed by atoms with Gasteiger partial charge in [0.1, 0.15) is 0 Å². The van der Waals surface area contributed by atoms with E-state index in [0.717, 1.165) is 10.8 Å². The molecule has 0 aliphatic carbocycles. The summed E-state index contributed by atoms with van der Waals surface area (Å²) >= 11 is 0. The number of benzene rings is 3. The van der Waals surface area contributed by atoms with Crippen molar-refractivity contribution in [2.45, 2.75) is 18.4 Å². The van der Waals surface area contributed by atoms with Crippen LogP contribution in [0.2, 0.25) is 0 Å². The van der Waals surface area contributed by atoms with Gasteiger partial charge in [0.2, 0.25) is 17.3 Å². The highest BCUT2D eigenvalue weighted by molar-refractivity contribution is 6.26. The summed E-state index contributed by atoms with van der Waals surface area (Å²) in [7, 11) is 4.56. The molecular weight excluding hydrogens is 424 g/mol. The van der Waals surface area contributed by atoms with Crippen LogP contribution in [0.3, 0.4) is 0 Å². The van der Waals surface area contributed by atoms with Crippen LogP contribution < -0.4 is 19.1 Å². The minimum atomic E-state index is -1.38. The summed E-state index contributed by atoms with van der Waals surface area (Å²) in [5.74, 6) is 0.570. The van der Waals surface area contributed by atoms with Crippen LogP contribution in [0.1, 0.15) is 18.4 Å². The average molecular weight is 446 g/mol. The van der Waals surface area contributed by atoms with Gasteiger partial charge in [0.05, 0.1) is 39.1 Å². The second-order valence-corrected chi connectivity index (χ2v) is 7.92. The zero-order valence-electron chi connectivity index (χ0n) is 18.5. The molecule has 0 saturated carbocycles. The topological polar surface area (TPSA) is 86.7 Å². The van der Waals surface area contributed by atoms with E-state index in [9.17, 15) is 9.59 Å². The maximum absolute atomic E-state index is 13.5. The first-order chi connectivity index (χ1) is 16.0. The largest absolute Gasteiger partial charge is 0.493 e. The van der Waals surface area contributed by atoms with Gasteiger partial charge in [-0.15, -0.1) is 0 Å². The number of anilines is 1. The molecule has 1 fully saturated rings. The fourth-order valence-corrected chi connectivity index (χ4v) is 4.45. The van der Waals surface area contributed by atoms with Crippen LogP contribution in [0.4, 0.5) is 5.69 Å². The molecule has 1 saturated heterocycles. The molecule has 2 amide bonds. The van der Waals surface area contributed by atoms with E-state index in [1.165, 1.54) is 26.2 Å². The SMILES string of the molecule is COc1ccc(C2=NOC3(CC(=O)N(c4ccc5ccccc5c4)C3=O)C2)c(OC)c1OC. The Bertz CT molecular complexity index is 1320. The second kappa shape index (κ2) is 7.81. The van der Waals surface area contributed by atoms with Crippen LogP contribution >= 0.6 is 0 Å². The van der Waals surface area contributed by atoms with Gasteiger partial charge in [-0.2, -0.15) is 0 Å². The van der Waals surface area contributed by atoms with Crippen molar-refractivity contribution in [2.75, 3.05) is 26.2 Å². The molecule has 168 valence electrons. The maximum atomic E-state index is 13.5. The molecule has 0 bridgehead atoms. The van der Waals surface area contributed by atoms with Crippen molar-refractivity contribution >= 4 is 34.0 Å². The third-order valence-electron chi connectivity index (χ3n) is 6.07. The third kappa shape index (κ3) is 3.17. The lowest BCUT2D eigenvalue weighted by Crippen LogP contribution is -2.40. The fraction of sp³-hybridized carbons (Fsp3) is 0.240. The Morgan fingerprint density at radius 3 is 2.36 bits per heavy atom. The summed E-state index contributed by atoms with van der Waals surface area (Å²) in [5.41, 5.74) is 0.239. The van der Waals surface area contributed by atoms with E-state index in [-0.39, 0.29) is 18.7 Å². The number of rotatable bonds is 5. The first-order valence-electron chi connectivity index (χ1n) is 10.4. The van der Waals surface area contributed by atoms with Gasteiger partial charge < -0.3 is 19.0 Å². The molecule has 1 unspecified atom stereocenters. The van der Waals surface area contributed by atoms with Crippen LogP contribution in [-0.2, 0) is 14.4 Å². The van der Waals surface area contributed by atoms with Crippen molar-refractivity contribution in [3.63, 3.8) is 0 Å². The standard InChI is InChI=1S/C25H22N2O6/c1-30-20-11-10-18(22(31-2)23(20)32-3)19-13-25(33-26-19)14-21(28)27(24(25)29)17-9-8-15-6-4-5-7-16(15)12-17/h4-12H,13-14H2,1-3H3. The number of imide groups is 1. The lowest BCUT2D eigenvalue weighted by atomic mass is 9.92. The van der Waals surface area contributed by atoms with Crippen LogP contribution in [-0.4, -0.2) is 44.5 Å². The van der Waals surface area contributed by atoms with Crippen molar-refractivity contribution < 1.29 is 28.6 Å². The van der Waals surface area contributed by atoms with E-state index in [1.807, 2.05) is 36.4 Å². The average Bonchev–Trinajstić information content (AvgIpc) is 3.37. The molecule has 3 aromatic rings. The summed E-state index contributed by atoms with van der Waals surface area (Å²) < 4.78 is 16.3. The zero-order valence-corrected chi connectivity index (χ0v) is 18.5. The van der Waals surface area contributed by atoms with Crippen LogP contribution in [0.25, 0.3) is 10.8 Å². The third-order valence-corrected chi connectivity index (χ3v) is 6.07. The summed E-state index contributed by atoms with van der Waals surface area (Å²) in [5, 5.41) is 6.15. The molecule has 8 nitrogen and oxygen atoms in total. The second-order valence-electron chi connectivity index (χ2n) is 7.92. The summed E-state index contributed by atoms with van der Waals surface area (Å²) in [6.45, 7) is 0. The Balaban J connectivity index is 1.46. The van der Waals surface area contributed by atoms with Crippen molar-refractivity contribution in [1.82, 2.24) is 0 Å². The molecule has 8 heteroatoms. The van der Waals surface area contributed by atoms with Gasteiger partial charge in [0.25, 0.3) is 5.91 Å². The smallest absolute Gasteiger partial charge is 0.281 e. The number of fused-ring (bicyclic) bond motifs is 1. The lowest BCUT2D eigenvalue weighted by Gasteiger charge is -2.20. The fourth-order valence-electron chi connectivity index (χ4n) is 4.45. The van der Waals surface area contributed by atoms with Crippen LogP contribution in [0, 0.1) is 0 Å². The summed E-state index contributed by atoms with van der Waals surface area (Å²) in [4.78, 5) is 33.3. The van der Waals surface area contributed by atoms with Crippen molar-refractivity contribution in [2.24, 2.45) is 5.16 Å². The highest BCUT2D eigenvalue weighted by atomic mass is 16.7. The summed E-state index contributed by atoms with van der Waals surface area (Å²) in [6.07, 6.45) is 0.0365. The molecule has 2 heterocycles. The first-order valence-corrected chi connectivity index (χ1v) is 10.4. The van der Waals surface area contributed by atoms with E-state index >= 15 is 0 Å². The predicted octanol–water partition coefficient (Wildman–Crippen LogP) is 3.69. The number of nitrogens with zero attached hydrogens (tertiary/aromatic N) is 2. The minimum absolute atomic E-state index is 0.0960. The highest BCUT2D eigenvalue weighted by Crippen LogP contribution is 2.44. The van der Waals surface area contributed by atoms with E-state index in [1.54, 1.807) is 18.2 Å². The quantitative estimate of drug-likeness (QED) is 0.556. The Morgan fingerprint density at radius 1 is 0.879 bits per heavy atom. The van der Waals surface area contributed by atoms with Gasteiger partial charge >= 0.3 is 0 Å². The van der Waals surface area contributed by atoms with Crippen molar-refractivity contribution in [3.8, 4) is 17.2 Å². The molecule has 1 atom stereocenters. The number of hydrogen-bond acceptors (Lipinski definition) is 7. The maximum Gasteiger partial charge on any atom is 0.281 e. The van der Waals surface area contributed by atoms with E-state index in [0.29, 0.717) is 34.2 Å². The first kappa shape index (κ1) is 20.8. The molecular formula is C25H22N2O6. The monoisotopic (exact) mass is 446 g/mol. The van der Waals surface area contributed by atoms with Crippen molar-refractivity contribution in [3.05, 3.63) is 60.2 Å². The number of ether oxygens (including phenoxy) is 3. The molecule has 5 rings (SSSR count). The highest BCUT2D eigenvalue weighted by Gasteiger charge is 2.58. The van der Waals surface area contributed by atoms with Gasteiger partial charge in [-0.05, 0) is 35.0 Å². The van der Waals surface area contributed by atoms with Crippen LogP contribution in [0.15, 0.2) is 59.8 Å². The molecule has 0 N–H and O–H groups in total. The number of carbonyl (C=O) groups is 2. The van der Waals surface area contributed by atoms with Gasteiger partial charge in [0, 0.05) is 12.0 Å². The Labute approximate surface area is 190 Å². The van der Waals surface area contributed by atoms with E-state index < -0.39 is 11.5 Å². The van der Waals surface area contributed by atoms with Gasteiger partial charge in [-0.3, -0.25) is 9.59 Å². The summed E-state index contributed by atoms with van der Waals surface area (Å²) in [6, 6.07) is 16.8. The molecule has 0 aromatic heterocycles. The molecule has 0 radical (unpaired) electrons. The molecule has 1 spiro atoms. The van der Waals surface area contributed by atoms with E-state index in [4.69, 9.17) is 19.0 Å². The molecule has 2 aliphatic rings. The molecule has 2 aliphatic heterocycles. The van der Waals surface area contributed by atoms with Crippen LogP contribution in [0.5, 0.6) is 17.2 Å². The molecule has 33 heavy (non-hydrogen) atoms. The Kier molecular flexibility index (Phi) is 4.92. The Morgan fingerprint density at radius 2 is 1.64 bits per heavy atom. The number of hydrogen-bond donors (Lipinski definition) is 0. The number of methoxy groups -OCH3 is 3. The predicted molar refractivity (Wildman–Crippen MR) is 122 cm³/mol. The molecule has 3 aromatic carbocycles.